The Morgan fingerprint density at radius 3 is 2.48 bits per heavy atom. The Bertz CT molecular complexity index is 1230. The van der Waals surface area contributed by atoms with E-state index in [9.17, 15) is 9.59 Å². The number of methoxy groups -OCH3 is 1. The van der Waals surface area contributed by atoms with Gasteiger partial charge in [0.15, 0.2) is 11.5 Å². The Morgan fingerprint density at radius 1 is 1.12 bits per heavy atom. The SMILES string of the molecule is COc1cc(/C(C)=N/NC(=O)Cn2nc(C)c(Br)c2C)ccc1OC(=O)c1ccccc1C. The van der Waals surface area contributed by atoms with Crippen LogP contribution in [-0.2, 0) is 11.3 Å². The van der Waals surface area contributed by atoms with E-state index in [0.29, 0.717) is 28.3 Å². The molecule has 1 aromatic heterocycles. The monoisotopic (exact) mass is 512 g/mol. The third-order valence-corrected chi connectivity index (χ3v) is 6.23. The second-order valence-corrected chi connectivity index (χ2v) is 8.24. The van der Waals surface area contributed by atoms with Crippen molar-refractivity contribution in [1.82, 2.24) is 15.2 Å². The van der Waals surface area contributed by atoms with Crippen molar-refractivity contribution in [1.29, 1.82) is 0 Å². The van der Waals surface area contributed by atoms with Crippen molar-refractivity contribution in [2.24, 2.45) is 5.10 Å². The summed E-state index contributed by atoms with van der Waals surface area (Å²) >= 11 is 3.45. The van der Waals surface area contributed by atoms with Gasteiger partial charge in [-0.2, -0.15) is 10.2 Å². The summed E-state index contributed by atoms with van der Waals surface area (Å²) in [4.78, 5) is 24.8. The van der Waals surface area contributed by atoms with E-state index in [4.69, 9.17) is 9.47 Å². The second kappa shape index (κ2) is 10.4. The lowest BCUT2D eigenvalue weighted by Gasteiger charge is -2.12. The molecule has 2 aromatic carbocycles. The number of hydrogen-bond acceptors (Lipinski definition) is 6. The van der Waals surface area contributed by atoms with Crippen molar-refractivity contribution in [3.8, 4) is 11.5 Å². The van der Waals surface area contributed by atoms with Crippen molar-refractivity contribution >= 4 is 33.5 Å². The number of ether oxygens (including phenoxy) is 2. The van der Waals surface area contributed by atoms with E-state index in [1.54, 1.807) is 41.9 Å². The molecule has 172 valence electrons. The minimum absolute atomic E-state index is 0.0478. The smallest absolute Gasteiger partial charge is 0.343 e. The van der Waals surface area contributed by atoms with Crippen molar-refractivity contribution in [3.05, 3.63) is 75.0 Å². The Morgan fingerprint density at radius 2 is 1.85 bits per heavy atom. The summed E-state index contributed by atoms with van der Waals surface area (Å²) in [6, 6.07) is 12.3. The van der Waals surface area contributed by atoms with Crippen LogP contribution < -0.4 is 14.9 Å². The third kappa shape index (κ3) is 5.67. The van der Waals surface area contributed by atoms with Crippen molar-refractivity contribution < 1.29 is 19.1 Å². The molecule has 0 saturated carbocycles. The van der Waals surface area contributed by atoms with E-state index in [-0.39, 0.29) is 12.5 Å². The lowest BCUT2D eigenvalue weighted by molar-refractivity contribution is -0.121. The first-order valence-corrected chi connectivity index (χ1v) is 11.0. The van der Waals surface area contributed by atoms with Gasteiger partial charge < -0.3 is 9.47 Å². The van der Waals surface area contributed by atoms with Crippen LogP contribution in [0.15, 0.2) is 52.0 Å². The number of nitrogens with zero attached hydrogens (tertiary/aromatic N) is 3. The molecule has 0 aliphatic rings. The molecule has 9 heteroatoms. The summed E-state index contributed by atoms with van der Waals surface area (Å²) in [5, 5.41) is 8.50. The normalized spacial score (nSPS) is 11.3. The molecular weight excluding hydrogens is 488 g/mol. The number of hydrogen-bond donors (Lipinski definition) is 1. The fraction of sp³-hybridized carbons (Fsp3) is 0.250. The molecule has 0 atom stereocenters. The van der Waals surface area contributed by atoms with E-state index in [1.807, 2.05) is 32.9 Å². The van der Waals surface area contributed by atoms with E-state index < -0.39 is 5.97 Å². The molecule has 33 heavy (non-hydrogen) atoms. The largest absolute Gasteiger partial charge is 0.493 e. The van der Waals surface area contributed by atoms with Crippen LogP contribution in [0.3, 0.4) is 0 Å². The number of aromatic nitrogens is 2. The third-order valence-electron chi connectivity index (χ3n) is 5.08. The highest BCUT2D eigenvalue weighted by Crippen LogP contribution is 2.29. The number of carbonyl (C=O) groups excluding carboxylic acids is 2. The minimum Gasteiger partial charge on any atom is -0.493 e. The molecule has 1 heterocycles. The Hall–Kier alpha value is -3.46. The Kier molecular flexibility index (Phi) is 7.65. The zero-order valence-corrected chi connectivity index (χ0v) is 20.7. The highest BCUT2D eigenvalue weighted by atomic mass is 79.9. The molecule has 0 aliphatic heterocycles. The molecule has 1 amide bonds. The average molecular weight is 513 g/mol. The lowest BCUT2D eigenvalue weighted by Crippen LogP contribution is -2.25. The van der Waals surface area contributed by atoms with Crippen LogP contribution in [0.4, 0.5) is 0 Å². The van der Waals surface area contributed by atoms with Gasteiger partial charge in [-0.05, 0) is 73.5 Å². The van der Waals surface area contributed by atoms with E-state index in [2.05, 4.69) is 31.6 Å². The van der Waals surface area contributed by atoms with Crippen molar-refractivity contribution in [2.75, 3.05) is 7.11 Å². The first-order valence-electron chi connectivity index (χ1n) is 10.2. The van der Waals surface area contributed by atoms with Crippen LogP contribution in [0.1, 0.15) is 39.8 Å². The van der Waals surface area contributed by atoms with Gasteiger partial charge >= 0.3 is 5.97 Å². The maximum Gasteiger partial charge on any atom is 0.343 e. The number of nitrogens with one attached hydrogen (secondary N) is 1. The molecule has 0 fully saturated rings. The molecule has 0 bridgehead atoms. The Balaban J connectivity index is 1.70. The van der Waals surface area contributed by atoms with Crippen LogP contribution in [0.25, 0.3) is 0 Å². The van der Waals surface area contributed by atoms with E-state index in [1.165, 1.54) is 7.11 Å². The first-order chi connectivity index (χ1) is 15.7. The minimum atomic E-state index is -0.465. The van der Waals surface area contributed by atoms with Gasteiger partial charge in [0, 0.05) is 5.56 Å². The topological polar surface area (TPSA) is 94.8 Å². The predicted molar refractivity (Wildman–Crippen MR) is 129 cm³/mol. The van der Waals surface area contributed by atoms with Crippen LogP contribution in [0.2, 0.25) is 0 Å². The van der Waals surface area contributed by atoms with E-state index in [0.717, 1.165) is 21.4 Å². The van der Waals surface area contributed by atoms with Crippen molar-refractivity contribution in [3.63, 3.8) is 0 Å². The fourth-order valence-electron chi connectivity index (χ4n) is 3.14. The maximum absolute atomic E-state index is 12.5. The highest BCUT2D eigenvalue weighted by molar-refractivity contribution is 9.10. The number of hydrazone groups is 1. The lowest BCUT2D eigenvalue weighted by atomic mass is 10.1. The number of rotatable bonds is 7. The van der Waals surface area contributed by atoms with Gasteiger partial charge in [-0.3, -0.25) is 9.48 Å². The first kappa shape index (κ1) is 24.2. The van der Waals surface area contributed by atoms with Gasteiger partial charge in [0.05, 0.1) is 34.2 Å². The van der Waals surface area contributed by atoms with Crippen molar-refractivity contribution in [2.45, 2.75) is 34.2 Å². The molecule has 0 spiro atoms. The number of amides is 1. The van der Waals surface area contributed by atoms with Crippen LogP contribution in [0, 0.1) is 20.8 Å². The zero-order valence-electron chi connectivity index (χ0n) is 19.1. The fourth-order valence-corrected chi connectivity index (χ4v) is 3.43. The predicted octanol–water partition coefficient (Wildman–Crippen LogP) is 4.34. The molecule has 3 aromatic rings. The van der Waals surface area contributed by atoms with Gasteiger partial charge in [-0.1, -0.05) is 18.2 Å². The molecule has 0 saturated heterocycles. The number of esters is 1. The molecule has 1 N–H and O–H groups in total. The van der Waals surface area contributed by atoms with Crippen LogP contribution in [-0.4, -0.2) is 34.5 Å². The molecule has 0 unspecified atom stereocenters. The molecule has 0 radical (unpaired) electrons. The molecular formula is C24H25BrN4O4. The summed E-state index contributed by atoms with van der Waals surface area (Å²) in [6.07, 6.45) is 0. The molecule has 3 rings (SSSR count). The molecule has 0 aliphatic carbocycles. The number of carbonyl (C=O) groups is 2. The maximum atomic E-state index is 12.5. The number of aryl methyl sites for hydroxylation is 2. The average Bonchev–Trinajstić information content (AvgIpc) is 3.04. The zero-order chi connectivity index (χ0) is 24.1. The second-order valence-electron chi connectivity index (χ2n) is 7.44. The number of benzene rings is 2. The quantitative estimate of drug-likeness (QED) is 0.220. The van der Waals surface area contributed by atoms with Gasteiger partial charge in [-0.15, -0.1) is 0 Å². The van der Waals surface area contributed by atoms with Gasteiger partial charge in [-0.25, -0.2) is 10.2 Å². The summed E-state index contributed by atoms with van der Waals surface area (Å²) in [7, 11) is 1.49. The van der Waals surface area contributed by atoms with Gasteiger partial charge in [0.25, 0.3) is 5.91 Å². The Labute approximate surface area is 200 Å². The summed E-state index contributed by atoms with van der Waals surface area (Å²) in [5.41, 5.74) is 6.80. The van der Waals surface area contributed by atoms with E-state index >= 15 is 0 Å². The highest BCUT2D eigenvalue weighted by Gasteiger charge is 2.16. The van der Waals surface area contributed by atoms with Gasteiger partial charge in [0.2, 0.25) is 0 Å². The summed E-state index contributed by atoms with van der Waals surface area (Å²) in [5.74, 6) is -0.0972. The van der Waals surface area contributed by atoms with Crippen LogP contribution >= 0.6 is 15.9 Å². The van der Waals surface area contributed by atoms with Crippen LogP contribution in [0.5, 0.6) is 11.5 Å². The summed E-state index contributed by atoms with van der Waals surface area (Å²) < 4.78 is 13.4. The molecule has 8 nitrogen and oxygen atoms in total. The number of halogens is 1. The van der Waals surface area contributed by atoms with Gasteiger partial charge in [0.1, 0.15) is 6.54 Å². The standard InChI is InChI=1S/C24H25BrN4O4/c1-14-8-6-7-9-19(14)24(31)33-20-11-10-18(12-21(20)32-5)15(2)26-27-22(30)13-29-17(4)23(25)16(3)28-29/h6-12H,13H2,1-5H3,(H,27,30)/b26-15+. The summed E-state index contributed by atoms with van der Waals surface area (Å²) in [6.45, 7) is 7.40.